The van der Waals surface area contributed by atoms with Crippen LogP contribution in [-0.4, -0.2) is 18.4 Å². The summed E-state index contributed by atoms with van der Waals surface area (Å²) < 4.78 is 0. The summed E-state index contributed by atoms with van der Waals surface area (Å²) in [5.41, 5.74) is 8.66. The number of hydrogen-bond donors (Lipinski definition) is 3. The minimum absolute atomic E-state index is 0.0676. The number of hydrogen-bond acceptors (Lipinski definition) is 2. The van der Waals surface area contributed by atoms with Gasteiger partial charge in [0.1, 0.15) is 0 Å². The zero-order valence-electron chi connectivity index (χ0n) is 12.1. The summed E-state index contributed by atoms with van der Waals surface area (Å²) in [5, 5.41) is 12.7. The van der Waals surface area contributed by atoms with E-state index in [0.717, 1.165) is 22.1 Å². The Morgan fingerprint density at radius 2 is 2.10 bits per heavy atom. The van der Waals surface area contributed by atoms with Crippen LogP contribution in [0.5, 0.6) is 0 Å². The van der Waals surface area contributed by atoms with Crippen molar-refractivity contribution in [1.29, 1.82) is 5.41 Å². The van der Waals surface area contributed by atoms with Gasteiger partial charge in [-0.1, -0.05) is 25.1 Å². The van der Waals surface area contributed by atoms with Gasteiger partial charge in [0.25, 0.3) is 0 Å². The van der Waals surface area contributed by atoms with Gasteiger partial charge in [0.05, 0.1) is 0 Å². The molecule has 5 heteroatoms. The van der Waals surface area contributed by atoms with Gasteiger partial charge in [-0.2, -0.15) is 0 Å². The second-order valence-corrected chi connectivity index (χ2v) is 5.48. The van der Waals surface area contributed by atoms with Crippen LogP contribution in [0.1, 0.15) is 25.3 Å². The Bertz CT molecular complexity index is 753. The minimum Gasteiger partial charge on any atom is -0.370 e. The lowest BCUT2D eigenvalue weighted by Crippen LogP contribution is -2.35. The van der Waals surface area contributed by atoms with Crippen LogP contribution in [0.4, 0.5) is 11.4 Å². The first-order chi connectivity index (χ1) is 9.99. The van der Waals surface area contributed by atoms with Crippen molar-refractivity contribution in [3.63, 3.8) is 0 Å². The van der Waals surface area contributed by atoms with E-state index in [-0.39, 0.29) is 11.9 Å². The molecule has 1 unspecified atom stereocenters. The van der Waals surface area contributed by atoms with Gasteiger partial charge in [0.2, 0.25) is 5.91 Å². The van der Waals surface area contributed by atoms with Gasteiger partial charge in [-0.25, -0.2) is 0 Å². The predicted octanol–water partition coefficient (Wildman–Crippen LogP) is 2.62. The zero-order chi connectivity index (χ0) is 15.1. The Hall–Kier alpha value is -2.56. The second-order valence-electron chi connectivity index (χ2n) is 5.48. The Labute approximate surface area is 123 Å². The Balaban J connectivity index is 2.23. The van der Waals surface area contributed by atoms with E-state index in [1.54, 1.807) is 0 Å². The number of anilines is 2. The van der Waals surface area contributed by atoms with E-state index in [0.29, 0.717) is 12.5 Å². The number of rotatable bonds is 1. The number of nitrogens with zero attached hydrogens (tertiary/aromatic N) is 1. The summed E-state index contributed by atoms with van der Waals surface area (Å²) in [5.74, 6) is 0.277. The molecule has 5 nitrogen and oxygen atoms in total. The SMILES string of the molecule is CC(=O)Nc1cccc2c3c(ccc12)N(C(=N)N)CC3C. The third kappa shape index (κ3) is 2.11. The molecule has 0 fully saturated rings. The van der Waals surface area contributed by atoms with E-state index >= 15 is 0 Å². The van der Waals surface area contributed by atoms with Crippen LogP contribution in [0.15, 0.2) is 30.3 Å². The molecule has 108 valence electrons. The molecule has 1 aliphatic heterocycles. The third-order valence-corrected chi connectivity index (χ3v) is 3.92. The molecule has 1 amide bonds. The molecule has 0 radical (unpaired) electrons. The van der Waals surface area contributed by atoms with Gasteiger partial charge in [0.15, 0.2) is 5.96 Å². The zero-order valence-corrected chi connectivity index (χ0v) is 12.1. The fourth-order valence-electron chi connectivity index (χ4n) is 3.11. The minimum atomic E-state index is -0.0820. The maximum absolute atomic E-state index is 11.3. The van der Waals surface area contributed by atoms with Crippen LogP contribution < -0.4 is 16.0 Å². The van der Waals surface area contributed by atoms with Gasteiger partial charge < -0.3 is 16.0 Å². The number of amides is 1. The number of guanidine groups is 1. The molecule has 2 aromatic carbocycles. The van der Waals surface area contributed by atoms with Crippen molar-refractivity contribution < 1.29 is 4.79 Å². The molecular formula is C16H18N4O. The molecule has 0 aromatic heterocycles. The molecule has 1 heterocycles. The maximum atomic E-state index is 11.3. The monoisotopic (exact) mass is 282 g/mol. The van der Waals surface area contributed by atoms with Crippen molar-refractivity contribution in [3.05, 3.63) is 35.9 Å². The van der Waals surface area contributed by atoms with Gasteiger partial charge >= 0.3 is 0 Å². The highest BCUT2D eigenvalue weighted by Gasteiger charge is 2.29. The molecule has 1 atom stereocenters. The van der Waals surface area contributed by atoms with Crippen molar-refractivity contribution in [2.75, 3.05) is 16.8 Å². The topological polar surface area (TPSA) is 82.2 Å². The highest BCUT2D eigenvalue weighted by Crippen LogP contribution is 2.42. The molecular weight excluding hydrogens is 264 g/mol. The molecule has 0 saturated heterocycles. The Morgan fingerprint density at radius 1 is 1.33 bits per heavy atom. The molecule has 2 aromatic rings. The molecule has 0 saturated carbocycles. The van der Waals surface area contributed by atoms with Crippen LogP contribution in [-0.2, 0) is 4.79 Å². The van der Waals surface area contributed by atoms with Crippen molar-refractivity contribution in [3.8, 4) is 0 Å². The second kappa shape index (κ2) is 4.77. The average molecular weight is 282 g/mol. The van der Waals surface area contributed by atoms with Gasteiger partial charge in [-0.15, -0.1) is 0 Å². The number of nitrogens with two attached hydrogens (primary N) is 1. The first-order valence-corrected chi connectivity index (χ1v) is 6.94. The summed E-state index contributed by atoms with van der Waals surface area (Å²) in [4.78, 5) is 13.2. The van der Waals surface area contributed by atoms with Crippen LogP contribution >= 0.6 is 0 Å². The molecule has 21 heavy (non-hydrogen) atoms. The van der Waals surface area contributed by atoms with Crippen molar-refractivity contribution in [1.82, 2.24) is 0 Å². The summed E-state index contributed by atoms with van der Waals surface area (Å²) in [6.45, 7) is 4.35. The molecule has 1 aliphatic rings. The van der Waals surface area contributed by atoms with Crippen molar-refractivity contribution in [2.45, 2.75) is 19.8 Å². The number of benzene rings is 2. The van der Waals surface area contributed by atoms with Gasteiger partial charge in [-0.05, 0) is 23.1 Å². The number of carbonyl (C=O) groups excluding carboxylic acids is 1. The van der Waals surface area contributed by atoms with E-state index < -0.39 is 0 Å². The Morgan fingerprint density at radius 3 is 2.76 bits per heavy atom. The smallest absolute Gasteiger partial charge is 0.221 e. The van der Waals surface area contributed by atoms with E-state index in [4.69, 9.17) is 11.1 Å². The van der Waals surface area contributed by atoms with Crippen molar-refractivity contribution >= 4 is 34.0 Å². The van der Waals surface area contributed by atoms with Crippen LogP contribution in [0.3, 0.4) is 0 Å². The van der Waals surface area contributed by atoms with E-state index in [1.165, 1.54) is 12.5 Å². The largest absolute Gasteiger partial charge is 0.370 e. The molecule has 0 spiro atoms. The fraction of sp³-hybridized carbons (Fsp3) is 0.250. The number of carbonyl (C=O) groups is 1. The third-order valence-electron chi connectivity index (χ3n) is 3.92. The first kappa shape index (κ1) is 13.4. The highest BCUT2D eigenvalue weighted by molar-refractivity contribution is 6.07. The summed E-state index contributed by atoms with van der Waals surface area (Å²) in [7, 11) is 0. The molecule has 4 N–H and O–H groups in total. The fourth-order valence-corrected chi connectivity index (χ4v) is 3.11. The lowest BCUT2D eigenvalue weighted by atomic mass is 9.95. The van der Waals surface area contributed by atoms with E-state index in [2.05, 4.69) is 18.3 Å². The van der Waals surface area contributed by atoms with Crippen LogP contribution in [0.2, 0.25) is 0 Å². The van der Waals surface area contributed by atoms with Crippen LogP contribution in [0, 0.1) is 5.41 Å². The maximum Gasteiger partial charge on any atom is 0.221 e. The molecule has 3 rings (SSSR count). The van der Waals surface area contributed by atoms with Crippen LogP contribution in [0.25, 0.3) is 10.8 Å². The molecule has 0 aliphatic carbocycles. The first-order valence-electron chi connectivity index (χ1n) is 6.94. The summed E-state index contributed by atoms with van der Waals surface area (Å²) in [6, 6.07) is 9.86. The highest BCUT2D eigenvalue weighted by atomic mass is 16.1. The van der Waals surface area contributed by atoms with Gasteiger partial charge in [0, 0.05) is 36.1 Å². The molecule has 0 bridgehead atoms. The number of nitrogens with one attached hydrogen (secondary N) is 2. The van der Waals surface area contributed by atoms with E-state index in [1.807, 2.05) is 29.2 Å². The average Bonchev–Trinajstić information content (AvgIpc) is 2.76. The normalized spacial score (nSPS) is 16.9. The summed E-state index contributed by atoms with van der Waals surface area (Å²) in [6.07, 6.45) is 0. The predicted molar refractivity (Wildman–Crippen MR) is 85.9 cm³/mol. The lowest BCUT2D eigenvalue weighted by Gasteiger charge is -2.17. The quantitative estimate of drug-likeness (QED) is 0.555. The van der Waals surface area contributed by atoms with Crippen molar-refractivity contribution in [2.24, 2.45) is 5.73 Å². The number of fused-ring (bicyclic) bond motifs is 3. The van der Waals surface area contributed by atoms with Gasteiger partial charge in [-0.3, -0.25) is 10.2 Å². The van der Waals surface area contributed by atoms with E-state index in [9.17, 15) is 4.79 Å². The lowest BCUT2D eigenvalue weighted by molar-refractivity contribution is -0.114. The Kier molecular flexibility index (Phi) is 3.05. The summed E-state index contributed by atoms with van der Waals surface area (Å²) >= 11 is 0. The standard InChI is InChI=1S/C16H18N4O/c1-9-8-20(16(17)18)14-7-6-11-12(15(9)14)4-3-5-13(11)19-10(2)21/h3-7,9H,8H2,1-2H3,(H3,17,18)(H,19,21).